The van der Waals surface area contributed by atoms with Crippen LogP contribution in [0.3, 0.4) is 0 Å². The Bertz CT molecular complexity index is 761. The van der Waals surface area contributed by atoms with Crippen molar-refractivity contribution >= 4 is 11.7 Å². The Labute approximate surface area is 159 Å². The van der Waals surface area contributed by atoms with Crippen molar-refractivity contribution in [3.05, 3.63) is 48.3 Å². The number of ether oxygens (including phenoxy) is 2. The van der Waals surface area contributed by atoms with Crippen LogP contribution < -0.4 is 14.4 Å². The summed E-state index contributed by atoms with van der Waals surface area (Å²) in [6.07, 6.45) is 2.72. The van der Waals surface area contributed by atoms with E-state index in [-0.39, 0.29) is 0 Å². The predicted molar refractivity (Wildman–Crippen MR) is 102 cm³/mol. The van der Waals surface area contributed by atoms with Gasteiger partial charge in [-0.05, 0) is 36.8 Å². The Morgan fingerprint density at radius 1 is 1.15 bits per heavy atom. The van der Waals surface area contributed by atoms with Gasteiger partial charge < -0.3 is 19.5 Å². The number of aromatic nitrogens is 1. The highest BCUT2D eigenvalue weighted by atomic mass is 16.5. The van der Waals surface area contributed by atoms with E-state index in [0.717, 1.165) is 38.3 Å². The van der Waals surface area contributed by atoms with Gasteiger partial charge in [0.1, 0.15) is 0 Å². The number of aliphatic carboxylic acids is 1. The van der Waals surface area contributed by atoms with E-state index in [2.05, 4.69) is 14.8 Å². The Hall–Kier alpha value is -2.80. The largest absolute Gasteiger partial charge is 0.493 e. The lowest BCUT2D eigenvalue weighted by Gasteiger charge is -2.36. The average Bonchev–Trinajstić information content (AvgIpc) is 2.70. The number of hydrogen-bond donors (Lipinski definition) is 1. The first kappa shape index (κ1) is 19.0. The van der Waals surface area contributed by atoms with E-state index in [4.69, 9.17) is 14.6 Å². The van der Waals surface area contributed by atoms with Crippen molar-refractivity contribution in [3.8, 4) is 11.5 Å². The molecule has 0 aliphatic carbocycles. The SMILES string of the molecule is COc1cc(CN2CCN(c3ccncc3)CC2)ccc1O[C@@H](C)C(=O)O. The topological polar surface area (TPSA) is 75.1 Å². The van der Waals surface area contributed by atoms with Gasteiger partial charge >= 0.3 is 5.97 Å². The summed E-state index contributed by atoms with van der Waals surface area (Å²) in [5.74, 6) is -0.0112. The van der Waals surface area contributed by atoms with Gasteiger partial charge in [0.2, 0.25) is 0 Å². The number of nitrogens with zero attached hydrogens (tertiary/aromatic N) is 3. The smallest absolute Gasteiger partial charge is 0.344 e. The second-order valence-corrected chi connectivity index (χ2v) is 6.55. The molecule has 1 atom stereocenters. The summed E-state index contributed by atoms with van der Waals surface area (Å²) in [5.41, 5.74) is 2.32. The molecule has 2 heterocycles. The molecule has 144 valence electrons. The summed E-state index contributed by atoms with van der Waals surface area (Å²) in [4.78, 5) is 19.8. The van der Waals surface area contributed by atoms with Crippen LogP contribution in [0.4, 0.5) is 5.69 Å². The van der Waals surface area contributed by atoms with Crippen LogP contribution in [0.1, 0.15) is 12.5 Å². The van der Waals surface area contributed by atoms with E-state index < -0.39 is 12.1 Å². The second kappa shape index (κ2) is 8.73. The molecule has 1 aliphatic heterocycles. The van der Waals surface area contributed by atoms with Crippen LogP contribution in [-0.2, 0) is 11.3 Å². The van der Waals surface area contributed by atoms with Gasteiger partial charge in [-0.25, -0.2) is 4.79 Å². The summed E-state index contributed by atoms with van der Waals surface area (Å²) >= 11 is 0. The molecule has 1 fully saturated rings. The van der Waals surface area contributed by atoms with Gasteiger partial charge in [0.05, 0.1) is 7.11 Å². The van der Waals surface area contributed by atoms with E-state index in [9.17, 15) is 4.79 Å². The number of carbonyl (C=O) groups is 1. The standard InChI is InChI=1S/C20H25N3O4/c1-15(20(24)25)27-18-4-3-16(13-19(18)26-2)14-22-9-11-23(12-10-22)17-5-7-21-8-6-17/h3-8,13,15H,9-12,14H2,1-2H3,(H,24,25)/t15-/m0/s1. The zero-order valence-corrected chi connectivity index (χ0v) is 15.7. The maximum absolute atomic E-state index is 11.0. The number of carboxylic acids is 1. The van der Waals surface area contributed by atoms with E-state index >= 15 is 0 Å². The van der Waals surface area contributed by atoms with Crippen molar-refractivity contribution in [2.45, 2.75) is 19.6 Å². The minimum absolute atomic E-state index is 0.443. The summed E-state index contributed by atoms with van der Waals surface area (Å²) in [6, 6.07) is 9.73. The van der Waals surface area contributed by atoms with Gasteiger partial charge in [0.25, 0.3) is 0 Å². The maximum atomic E-state index is 11.0. The number of rotatable bonds is 7. The van der Waals surface area contributed by atoms with Crippen molar-refractivity contribution in [2.75, 3.05) is 38.2 Å². The summed E-state index contributed by atoms with van der Waals surface area (Å²) in [6.45, 7) is 6.20. The van der Waals surface area contributed by atoms with Crippen LogP contribution in [0.5, 0.6) is 11.5 Å². The Balaban J connectivity index is 1.59. The number of anilines is 1. The Morgan fingerprint density at radius 2 is 1.85 bits per heavy atom. The fourth-order valence-electron chi connectivity index (χ4n) is 3.13. The average molecular weight is 371 g/mol. The third-order valence-electron chi connectivity index (χ3n) is 4.69. The molecule has 0 radical (unpaired) electrons. The van der Waals surface area contributed by atoms with Crippen molar-refractivity contribution in [3.63, 3.8) is 0 Å². The molecule has 0 saturated carbocycles. The quantitative estimate of drug-likeness (QED) is 0.800. The van der Waals surface area contributed by atoms with E-state index in [1.54, 1.807) is 13.2 Å². The summed E-state index contributed by atoms with van der Waals surface area (Å²) in [7, 11) is 1.56. The second-order valence-electron chi connectivity index (χ2n) is 6.55. The Kier molecular flexibility index (Phi) is 6.13. The van der Waals surface area contributed by atoms with Gasteiger partial charge in [0, 0.05) is 50.8 Å². The number of methoxy groups -OCH3 is 1. The molecular formula is C20H25N3O4. The van der Waals surface area contributed by atoms with Crippen molar-refractivity contribution in [1.82, 2.24) is 9.88 Å². The number of pyridine rings is 1. The molecule has 0 spiro atoms. The summed E-state index contributed by atoms with van der Waals surface area (Å²) < 4.78 is 10.8. The molecule has 0 amide bonds. The lowest BCUT2D eigenvalue weighted by molar-refractivity contribution is -0.144. The zero-order valence-electron chi connectivity index (χ0n) is 15.7. The maximum Gasteiger partial charge on any atom is 0.344 e. The molecule has 7 nitrogen and oxygen atoms in total. The molecular weight excluding hydrogens is 346 g/mol. The number of hydrogen-bond acceptors (Lipinski definition) is 6. The first-order valence-corrected chi connectivity index (χ1v) is 9.00. The van der Waals surface area contributed by atoms with Crippen LogP contribution >= 0.6 is 0 Å². The lowest BCUT2D eigenvalue weighted by Crippen LogP contribution is -2.45. The number of piperazine rings is 1. The van der Waals surface area contributed by atoms with Gasteiger partial charge in [-0.1, -0.05) is 6.07 Å². The van der Waals surface area contributed by atoms with Crippen molar-refractivity contribution < 1.29 is 19.4 Å². The molecule has 1 aliphatic rings. The minimum Gasteiger partial charge on any atom is -0.493 e. The molecule has 1 saturated heterocycles. The molecule has 0 bridgehead atoms. The van der Waals surface area contributed by atoms with Gasteiger partial charge in [-0.2, -0.15) is 0 Å². The molecule has 1 N–H and O–H groups in total. The van der Waals surface area contributed by atoms with Gasteiger partial charge in [0.15, 0.2) is 17.6 Å². The fraction of sp³-hybridized carbons (Fsp3) is 0.400. The predicted octanol–water partition coefficient (Wildman–Crippen LogP) is 2.26. The van der Waals surface area contributed by atoms with E-state index in [0.29, 0.717) is 11.5 Å². The minimum atomic E-state index is -1.01. The molecule has 2 aromatic rings. The highest BCUT2D eigenvalue weighted by Gasteiger charge is 2.19. The van der Waals surface area contributed by atoms with Crippen molar-refractivity contribution in [1.29, 1.82) is 0 Å². The van der Waals surface area contributed by atoms with E-state index in [1.165, 1.54) is 12.6 Å². The first-order chi connectivity index (χ1) is 13.1. The van der Waals surface area contributed by atoms with Crippen LogP contribution in [0.2, 0.25) is 0 Å². The molecule has 0 unspecified atom stereocenters. The van der Waals surface area contributed by atoms with Crippen LogP contribution in [-0.4, -0.2) is 60.4 Å². The van der Waals surface area contributed by atoms with Crippen LogP contribution in [0, 0.1) is 0 Å². The van der Waals surface area contributed by atoms with Crippen LogP contribution in [0.25, 0.3) is 0 Å². The highest BCUT2D eigenvalue weighted by Crippen LogP contribution is 2.29. The normalized spacial score (nSPS) is 16.0. The Morgan fingerprint density at radius 3 is 2.48 bits per heavy atom. The molecule has 3 rings (SSSR count). The number of benzene rings is 1. The van der Waals surface area contributed by atoms with Gasteiger partial charge in [-0.3, -0.25) is 9.88 Å². The third kappa shape index (κ3) is 4.89. The van der Waals surface area contributed by atoms with Crippen LogP contribution in [0.15, 0.2) is 42.7 Å². The third-order valence-corrected chi connectivity index (χ3v) is 4.69. The lowest BCUT2D eigenvalue weighted by atomic mass is 10.1. The molecule has 1 aromatic carbocycles. The highest BCUT2D eigenvalue weighted by molar-refractivity contribution is 5.72. The fourth-order valence-corrected chi connectivity index (χ4v) is 3.13. The zero-order chi connectivity index (χ0) is 19.2. The van der Waals surface area contributed by atoms with Gasteiger partial charge in [-0.15, -0.1) is 0 Å². The number of carboxylic acid groups (broad SMARTS) is 1. The monoisotopic (exact) mass is 371 g/mol. The van der Waals surface area contributed by atoms with E-state index in [1.807, 2.05) is 36.7 Å². The molecule has 27 heavy (non-hydrogen) atoms. The molecule has 7 heteroatoms. The first-order valence-electron chi connectivity index (χ1n) is 9.00. The van der Waals surface area contributed by atoms with Crippen molar-refractivity contribution in [2.24, 2.45) is 0 Å². The molecule has 1 aromatic heterocycles. The summed E-state index contributed by atoms with van der Waals surface area (Å²) in [5, 5.41) is 9.00.